The lowest BCUT2D eigenvalue weighted by Crippen LogP contribution is -2.16. The number of benzene rings is 2. The summed E-state index contributed by atoms with van der Waals surface area (Å²) in [6, 6.07) is 16.3. The van der Waals surface area contributed by atoms with Crippen molar-refractivity contribution in [3.63, 3.8) is 0 Å². The molecule has 20 heavy (non-hydrogen) atoms. The van der Waals surface area contributed by atoms with Crippen LogP contribution in [0.2, 0.25) is 0 Å². The van der Waals surface area contributed by atoms with Gasteiger partial charge in [-0.3, -0.25) is 0 Å². The van der Waals surface area contributed by atoms with Gasteiger partial charge >= 0.3 is 0 Å². The Kier molecular flexibility index (Phi) is 3.60. The van der Waals surface area contributed by atoms with Crippen LogP contribution in [0.4, 0.5) is 0 Å². The molecule has 0 amide bonds. The van der Waals surface area contributed by atoms with Crippen LogP contribution < -0.4 is 0 Å². The summed E-state index contributed by atoms with van der Waals surface area (Å²) in [4.78, 5) is 0. The molecule has 1 aliphatic carbocycles. The molecule has 0 saturated carbocycles. The van der Waals surface area contributed by atoms with Gasteiger partial charge < -0.3 is 10.2 Å². The van der Waals surface area contributed by atoms with Gasteiger partial charge in [-0.25, -0.2) is 0 Å². The molecule has 0 spiro atoms. The summed E-state index contributed by atoms with van der Waals surface area (Å²) >= 11 is 0. The Labute approximate surface area is 119 Å². The first-order chi connectivity index (χ1) is 9.66. The maximum atomic E-state index is 10.8. The molecule has 3 rings (SSSR count). The number of hydrogen-bond donors (Lipinski definition) is 2. The van der Waals surface area contributed by atoms with E-state index in [9.17, 15) is 10.2 Å². The van der Waals surface area contributed by atoms with Crippen molar-refractivity contribution in [2.24, 2.45) is 0 Å². The average Bonchev–Trinajstić information content (AvgIpc) is 2.55. The Morgan fingerprint density at radius 1 is 1.00 bits per heavy atom. The number of aliphatic hydroxyl groups excluding tert-OH is 2. The van der Waals surface area contributed by atoms with E-state index in [4.69, 9.17) is 0 Å². The van der Waals surface area contributed by atoms with Crippen LogP contribution in [0.15, 0.2) is 48.5 Å². The van der Waals surface area contributed by atoms with Crippen molar-refractivity contribution in [1.29, 1.82) is 0 Å². The number of fused-ring (bicyclic) bond motifs is 2. The highest BCUT2D eigenvalue weighted by molar-refractivity contribution is 5.44. The summed E-state index contributed by atoms with van der Waals surface area (Å²) < 4.78 is 0. The fourth-order valence-corrected chi connectivity index (χ4v) is 3.26. The van der Waals surface area contributed by atoms with Crippen molar-refractivity contribution in [3.8, 4) is 0 Å². The van der Waals surface area contributed by atoms with E-state index in [2.05, 4.69) is 18.2 Å². The minimum atomic E-state index is -0.551. The minimum absolute atomic E-state index is 0.0464. The van der Waals surface area contributed by atoms with Gasteiger partial charge in [0.15, 0.2) is 0 Å². The van der Waals surface area contributed by atoms with E-state index in [0.717, 1.165) is 17.5 Å². The van der Waals surface area contributed by atoms with Crippen LogP contribution in [0, 0.1) is 0 Å². The predicted molar refractivity (Wildman–Crippen MR) is 79.7 cm³/mol. The van der Waals surface area contributed by atoms with E-state index >= 15 is 0 Å². The van der Waals surface area contributed by atoms with Gasteiger partial charge in [0, 0.05) is 5.92 Å². The first-order valence-corrected chi connectivity index (χ1v) is 7.18. The van der Waals surface area contributed by atoms with Gasteiger partial charge in [0.25, 0.3) is 0 Å². The van der Waals surface area contributed by atoms with Crippen LogP contribution in [0.25, 0.3) is 0 Å². The van der Waals surface area contributed by atoms with Gasteiger partial charge in [0.2, 0.25) is 0 Å². The Morgan fingerprint density at radius 3 is 2.20 bits per heavy atom. The molecule has 104 valence electrons. The molecule has 0 aliphatic heterocycles. The topological polar surface area (TPSA) is 40.5 Å². The maximum absolute atomic E-state index is 10.8. The molecular formula is C18H20O2. The van der Waals surface area contributed by atoms with E-state index in [1.165, 1.54) is 11.1 Å². The Balaban J connectivity index is 2.13. The Bertz CT molecular complexity index is 604. The quantitative estimate of drug-likeness (QED) is 0.878. The summed E-state index contributed by atoms with van der Waals surface area (Å²) in [7, 11) is 0. The summed E-state index contributed by atoms with van der Waals surface area (Å²) in [5.74, 6) is -0.0464. The zero-order valence-corrected chi connectivity index (χ0v) is 11.7. The highest BCUT2D eigenvalue weighted by Gasteiger charge is 2.30. The molecule has 2 nitrogen and oxygen atoms in total. The summed E-state index contributed by atoms with van der Waals surface area (Å²) in [5.41, 5.74) is 4.59. The predicted octanol–water partition coefficient (Wildman–Crippen LogP) is 3.18. The molecular weight excluding hydrogens is 248 g/mol. The van der Waals surface area contributed by atoms with Crippen molar-refractivity contribution < 1.29 is 10.2 Å². The summed E-state index contributed by atoms with van der Waals surface area (Å²) in [6.45, 7) is 1.78. The fourth-order valence-electron chi connectivity index (χ4n) is 3.26. The van der Waals surface area contributed by atoms with Crippen LogP contribution in [0.3, 0.4) is 0 Å². The monoisotopic (exact) mass is 268 g/mol. The molecule has 0 bridgehead atoms. The van der Waals surface area contributed by atoms with Crippen LogP contribution in [-0.2, 0) is 6.42 Å². The van der Waals surface area contributed by atoms with Crippen molar-refractivity contribution in [3.05, 3.63) is 70.8 Å². The third kappa shape index (κ3) is 2.37. The lowest BCUT2D eigenvalue weighted by molar-refractivity contribution is 0.101. The van der Waals surface area contributed by atoms with Gasteiger partial charge in [-0.05, 0) is 42.0 Å². The molecule has 1 aliphatic rings. The second kappa shape index (κ2) is 5.39. The lowest BCUT2D eigenvalue weighted by atomic mass is 9.85. The highest BCUT2D eigenvalue weighted by Crippen LogP contribution is 2.41. The van der Waals surface area contributed by atoms with Crippen LogP contribution in [-0.4, -0.2) is 16.3 Å². The average molecular weight is 268 g/mol. The van der Waals surface area contributed by atoms with Crippen molar-refractivity contribution in [1.82, 2.24) is 0 Å². The Hall–Kier alpha value is -1.64. The van der Waals surface area contributed by atoms with Gasteiger partial charge in [0.1, 0.15) is 0 Å². The SMILES string of the molecule is C[C@H](O)C[C@@H]1c2ccccc2Cc2ccccc2[C@H]1O. The largest absolute Gasteiger partial charge is 0.393 e. The zero-order valence-electron chi connectivity index (χ0n) is 11.7. The van der Waals surface area contributed by atoms with Crippen LogP contribution in [0.5, 0.6) is 0 Å². The molecule has 0 aromatic heterocycles. The second-order valence-corrected chi connectivity index (χ2v) is 5.71. The third-order valence-electron chi connectivity index (χ3n) is 4.19. The van der Waals surface area contributed by atoms with Crippen LogP contribution in [0.1, 0.15) is 47.6 Å². The van der Waals surface area contributed by atoms with E-state index in [1.54, 1.807) is 6.92 Å². The first kappa shape index (κ1) is 13.3. The van der Waals surface area contributed by atoms with Gasteiger partial charge in [-0.1, -0.05) is 48.5 Å². The molecule has 0 unspecified atom stereocenters. The molecule has 0 fully saturated rings. The van der Waals surface area contributed by atoms with Gasteiger partial charge in [-0.2, -0.15) is 0 Å². The van der Waals surface area contributed by atoms with Crippen molar-refractivity contribution in [2.45, 2.75) is 37.9 Å². The van der Waals surface area contributed by atoms with E-state index < -0.39 is 12.2 Å². The molecule has 2 N–H and O–H groups in total. The second-order valence-electron chi connectivity index (χ2n) is 5.71. The molecule has 2 heteroatoms. The normalized spacial score (nSPS) is 22.6. The highest BCUT2D eigenvalue weighted by atomic mass is 16.3. The van der Waals surface area contributed by atoms with Crippen LogP contribution >= 0.6 is 0 Å². The van der Waals surface area contributed by atoms with Gasteiger partial charge in [0.05, 0.1) is 12.2 Å². The molecule has 0 radical (unpaired) electrons. The van der Waals surface area contributed by atoms with Gasteiger partial charge in [-0.15, -0.1) is 0 Å². The zero-order chi connectivity index (χ0) is 14.1. The lowest BCUT2D eigenvalue weighted by Gasteiger charge is -2.25. The number of hydrogen-bond acceptors (Lipinski definition) is 2. The Morgan fingerprint density at radius 2 is 1.55 bits per heavy atom. The number of aliphatic hydroxyl groups is 2. The van der Waals surface area contributed by atoms with E-state index in [-0.39, 0.29) is 5.92 Å². The molecule has 3 atom stereocenters. The molecule has 2 aromatic carbocycles. The molecule has 0 saturated heterocycles. The third-order valence-corrected chi connectivity index (χ3v) is 4.19. The smallest absolute Gasteiger partial charge is 0.0862 e. The standard InChI is InChI=1S/C18H20O2/c1-12(19)10-17-15-8-4-2-6-13(15)11-14-7-3-5-9-16(14)18(17)20/h2-9,12,17-20H,10-11H2,1H3/t12-,17+,18+/m0/s1. The first-order valence-electron chi connectivity index (χ1n) is 7.18. The maximum Gasteiger partial charge on any atom is 0.0862 e. The van der Waals surface area contributed by atoms with Crippen molar-refractivity contribution in [2.75, 3.05) is 0 Å². The minimum Gasteiger partial charge on any atom is -0.393 e. The number of rotatable bonds is 2. The molecule has 0 heterocycles. The molecule has 2 aromatic rings. The summed E-state index contributed by atoms with van der Waals surface area (Å²) in [5, 5.41) is 20.6. The van der Waals surface area contributed by atoms with Crippen molar-refractivity contribution >= 4 is 0 Å². The van der Waals surface area contributed by atoms with E-state index in [1.807, 2.05) is 30.3 Å². The summed E-state index contributed by atoms with van der Waals surface area (Å²) in [6.07, 6.45) is 0.448. The van der Waals surface area contributed by atoms with E-state index in [0.29, 0.717) is 6.42 Å². The fraction of sp³-hybridized carbons (Fsp3) is 0.333.